The molecule has 0 spiro atoms. The third kappa shape index (κ3) is 4.42. The summed E-state index contributed by atoms with van der Waals surface area (Å²) >= 11 is 5.85. The largest absolute Gasteiger partial charge is 0.378 e. The molecule has 0 amide bonds. The molecule has 2 aromatic rings. The lowest BCUT2D eigenvalue weighted by atomic mass is 10.00. The quantitative estimate of drug-likeness (QED) is 0.738. The zero-order chi connectivity index (χ0) is 18.6. The van der Waals surface area contributed by atoms with E-state index in [1.54, 1.807) is 0 Å². The van der Waals surface area contributed by atoms with Gasteiger partial charge in [-0.2, -0.15) is 0 Å². The summed E-state index contributed by atoms with van der Waals surface area (Å²) in [7, 11) is 0. The Labute approximate surface area is 166 Å². The standard InChI is InChI=1S/C20H29N5OS/c1-17-7-9-22(10-8-17)16-25-20(27)24(15-18-5-3-2-4-6-18)19(21-25)23-11-13-26-14-12-23/h2-6,17H,7-16H2,1H3. The summed E-state index contributed by atoms with van der Waals surface area (Å²) in [6, 6.07) is 10.5. The Hall–Kier alpha value is -1.70. The number of benzene rings is 1. The first kappa shape index (κ1) is 18.7. The second-order valence-corrected chi connectivity index (χ2v) is 8.06. The first-order valence-electron chi connectivity index (χ1n) is 9.97. The predicted octanol–water partition coefficient (Wildman–Crippen LogP) is 2.99. The van der Waals surface area contributed by atoms with Crippen molar-refractivity contribution in [2.75, 3.05) is 44.3 Å². The molecular formula is C20H29N5OS. The fourth-order valence-corrected chi connectivity index (χ4v) is 4.06. The van der Waals surface area contributed by atoms with Crippen LogP contribution in [-0.2, 0) is 18.0 Å². The molecule has 0 atom stereocenters. The number of likely N-dealkylation sites (tertiary alicyclic amines) is 1. The van der Waals surface area contributed by atoms with E-state index < -0.39 is 0 Å². The van der Waals surface area contributed by atoms with Crippen molar-refractivity contribution < 1.29 is 4.74 Å². The van der Waals surface area contributed by atoms with Gasteiger partial charge in [0, 0.05) is 26.2 Å². The summed E-state index contributed by atoms with van der Waals surface area (Å²) in [5.41, 5.74) is 1.24. The Kier molecular flexibility index (Phi) is 5.90. The van der Waals surface area contributed by atoms with Gasteiger partial charge in [-0.1, -0.05) is 37.3 Å². The van der Waals surface area contributed by atoms with E-state index in [-0.39, 0.29) is 0 Å². The molecule has 0 saturated carbocycles. The van der Waals surface area contributed by atoms with Gasteiger partial charge in [0.05, 0.1) is 26.4 Å². The third-order valence-electron chi connectivity index (χ3n) is 5.59. The van der Waals surface area contributed by atoms with Crippen LogP contribution >= 0.6 is 12.2 Å². The fraction of sp³-hybridized carbons (Fsp3) is 0.600. The molecule has 27 heavy (non-hydrogen) atoms. The smallest absolute Gasteiger partial charge is 0.226 e. The van der Waals surface area contributed by atoms with E-state index in [0.717, 1.165) is 69.2 Å². The van der Waals surface area contributed by atoms with Gasteiger partial charge in [0.25, 0.3) is 0 Å². The molecule has 3 heterocycles. The zero-order valence-corrected chi connectivity index (χ0v) is 16.9. The summed E-state index contributed by atoms with van der Waals surface area (Å²) in [5.74, 6) is 1.80. The number of hydrogen-bond acceptors (Lipinski definition) is 5. The van der Waals surface area contributed by atoms with Crippen molar-refractivity contribution in [3.8, 4) is 0 Å². The van der Waals surface area contributed by atoms with E-state index >= 15 is 0 Å². The average Bonchev–Trinajstić information content (AvgIpc) is 3.01. The van der Waals surface area contributed by atoms with Crippen LogP contribution in [-0.4, -0.2) is 58.6 Å². The molecule has 0 unspecified atom stereocenters. The van der Waals surface area contributed by atoms with E-state index in [0.29, 0.717) is 0 Å². The number of rotatable bonds is 5. The number of anilines is 1. The second-order valence-electron chi connectivity index (χ2n) is 7.70. The minimum absolute atomic E-state index is 0.745. The van der Waals surface area contributed by atoms with Gasteiger partial charge in [0.2, 0.25) is 10.7 Å². The lowest BCUT2D eigenvalue weighted by Gasteiger charge is -2.29. The van der Waals surface area contributed by atoms with Gasteiger partial charge in [0.1, 0.15) is 0 Å². The maximum absolute atomic E-state index is 5.85. The Morgan fingerprint density at radius 2 is 1.78 bits per heavy atom. The number of hydrogen-bond donors (Lipinski definition) is 0. The predicted molar refractivity (Wildman–Crippen MR) is 110 cm³/mol. The molecule has 0 bridgehead atoms. The number of morpholine rings is 1. The van der Waals surface area contributed by atoms with Gasteiger partial charge >= 0.3 is 0 Å². The Balaban J connectivity index is 1.60. The van der Waals surface area contributed by atoms with Crippen molar-refractivity contribution in [3.05, 3.63) is 40.7 Å². The highest BCUT2D eigenvalue weighted by Gasteiger charge is 2.22. The monoisotopic (exact) mass is 387 g/mol. The summed E-state index contributed by atoms with van der Waals surface area (Å²) in [6.45, 7) is 9.35. The van der Waals surface area contributed by atoms with Crippen molar-refractivity contribution >= 4 is 18.2 Å². The summed E-state index contributed by atoms with van der Waals surface area (Å²) < 4.78 is 10.5. The minimum Gasteiger partial charge on any atom is -0.378 e. The summed E-state index contributed by atoms with van der Waals surface area (Å²) in [5, 5.41) is 4.95. The van der Waals surface area contributed by atoms with E-state index in [2.05, 4.69) is 45.6 Å². The topological polar surface area (TPSA) is 38.5 Å². The van der Waals surface area contributed by atoms with E-state index in [9.17, 15) is 0 Å². The fourth-order valence-electron chi connectivity index (χ4n) is 3.82. The van der Waals surface area contributed by atoms with Crippen molar-refractivity contribution in [1.29, 1.82) is 0 Å². The molecule has 2 saturated heterocycles. The maximum atomic E-state index is 5.85. The van der Waals surface area contributed by atoms with Gasteiger partial charge in [-0.25, -0.2) is 4.68 Å². The highest BCUT2D eigenvalue weighted by atomic mass is 32.1. The average molecular weight is 388 g/mol. The van der Waals surface area contributed by atoms with Gasteiger partial charge in [0.15, 0.2) is 0 Å². The molecule has 1 aromatic carbocycles. The van der Waals surface area contributed by atoms with Crippen LogP contribution in [0.2, 0.25) is 0 Å². The molecule has 1 aromatic heterocycles. The molecule has 2 aliphatic rings. The molecule has 7 heteroatoms. The Morgan fingerprint density at radius 3 is 2.48 bits per heavy atom. The number of ether oxygens (including phenoxy) is 1. The molecule has 6 nitrogen and oxygen atoms in total. The Morgan fingerprint density at radius 1 is 1.07 bits per heavy atom. The molecule has 0 radical (unpaired) electrons. The van der Waals surface area contributed by atoms with Crippen LogP contribution in [0, 0.1) is 10.7 Å². The van der Waals surface area contributed by atoms with Crippen LogP contribution in [0.1, 0.15) is 25.3 Å². The highest BCUT2D eigenvalue weighted by Crippen LogP contribution is 2.20. The van der Waals surface area contributed by atoms with Gasteiger partial charge < -0.3 is 9.64 Å². The van der Waals surface area contributed by atoms with E-state index in [4.69, 9.17) is 22.1 Å². The van der Waals surface area contributed by atoms with E-state index in [1.807, 2.05) is 10.7 Å². The third-order valence-corrected chi connectivity index (χ3v) is 6.02. The molecule has 4 rings (SSSR count). The molecule has 2 fully saturated rings. The van der Waals surface area contributed by atoms with E-state index in [1.165, 1.54) is 18.4 Å². The SMILES string of the molecule is CC1CCN(Cn2nc(N3CCOCC3)n(Cc3ccccc3)c2=S)CC1. The molecule has 2 aliphatic heterocycles. The van der Waals surface area contributed by atoms with Crippen molar-refractivity contribution in [2.45, 2.75) is 33.0 Å². The maximum Gasteiger partial charge on any atom is 0.226 e. The van der Waals surface area contributed by atoms with Crippen LogP contribution in [0.3, 0.4) is 0 Å². The number of nitrogens with zero attached hydrogens (tertiary/aromatic N) is 5. The first-order chi connectivity index (χ1) is 13.2. The van der Waals surface area contributed by atoms with Crippen molar-refractivity contribution in [3.63, 3.8) is 0 Å². The van der Waals surface area contributed by atoms with Crippen LogP contribution in [0.5, 0.6) is 0 Å². The lowest BCUT2D eigenvalue weighted by Crippen LogP contribution is -2.38. The molecule has 0 N–H and O–H groups in total. The summed E-state index contributed by atoms with van der Waals surface area (Å²) in [4.78, 5) is 4.77. The molecule has 146 valence electrons. The molecular weight excluding hydrogens is 358 g/mol. The van der Waals surface area contributed by atoms with Crippen molar-refractivity contribution in [2.24, 2.45) is 5.92 Å². The normalized spacial score (nSPS) is 19.5. The second kappa shape index (κ2) is 8.54. The minimum atomic E-state index is 0.745. The molecule has 0 aliphatic carbocycles. The van der Waals surface area contributed by atoms with Crippen LogP contribution in [0.15, 0.2) is 30.3 Å². The van der Waals surface area contributed by atoms with Crippen molar-refractivity contribution in [1.82, 2.24) is 19.2 Å². The number of aromatic nitrogens is 3. The first-order valence-corrected chi connectivity index (χ1v) is 10.4. The lowest BCUT2D eigenvalue weighted by molar-refractivity contribution is 0.121. The van der Waals surface area contributed by atoms with Crippen LogP contribution in [0.25, 0.3) is 0 Å². The van der Waals surface area contributed by atoms with Crippen LogP contribution in [0.4, 0.5) is 5.95 Å². The zero-order valence-electron chi connectivity index (χ0n) is 16.1. The Bertz CT molecular complexity index is 788. The van der Waals surface area contributed by atoms with Gasteiger partial charge in [-0.15, -0.1) is 5.10 Å². The summed E-state index contributed by atoms with van der Waals surface area (Å²) in [6.07, 6.45) is 2.52. The highest BCUT2D eigenvalue weighted by molar-refractivity contribution is 7.71. The van der Waals surface area contributed by atoms with Crippen LogP contribution < -0.4 is 4.90 Å². The van der Waals surface area contributed by atoms with Gasteiger partial charge in [-0.05, 0) is 36.5 Å². The van der Waals surface area contributed by atoms with Gasteiger partial charge in [-0.3, -0.25) is 9.47 Å². The number of piperidine rings is 1.